The number of aliphatic hydroxyl groups is 1. The third kappa shape index (κ3) is 2.25. The number of hydrogen-bond donors (Lipinski definition) is 1. The molecule has 0 aliphatic heterocycles. The van der Waals surface area contributed by atoms with Crippen LogP contribution in [0, 0.1) is 5.92 Å². The molecule has 0 heterocycles. The fourth-order valence-electron chi connectivity index (χ4n) is 2.45. The van der Waals surface area contributed by atoms with Crippen LogP contribution in [0.2, 0.25) is 0 Å². The molecule has 0 spiro atoms. The van der Waals surface area contributed by atoms with E-state index in [4.69, 9.17) is 14.2 Å². The first-order valence-electron chi connectivity index (χ1n) is 6.10. The van der Waals surface area contributed by atoms with E-state index in [0.29, 0.717) is 29.1 Å². The number of rotatable bonds is 5. The summed E-state index contributed by atoms with van der Waals surface area (Å²) in [6.07, 6.45) is 0.741. The van der Waals surface area contributed by atoms with Crippen LogP contribution in [0.25, 0.3) is 0 Å². The normalized spacial score (nSPS) is 23.4. The largest absolute Gasteiger partial charge is 0.493 e. The van der Waals surface area contributed by atoms with Gasteiger partial charge < -0.3 is 19.3 Å². The molecule has 4 nitrogen and oxygen atoms in total. The lowest BCUT2D eigenvalue weighted by atomic mass is 10.1. The number of hydrogen-bond acceptors (Lipinski definition) is 4. The maximum Gasteiger partial charge on any atom is 0.203 e. The van der Waals surface area contributed by atoms with Gasteiger partial charge in [0.2, 0.25) is 5.75 Å². The number of benzene rings is 1. The van der Waals surface area contributed by atoms with Crippen LogP contribution in [0.1, 0.15) is 24.8 Å². The Labute approximate surface area is 107 Å². The molecule has 3 atom stereocenters. The molecule has 1 aliphatic carbocycles. The van der Waals surface area contributed by atoms with Gasteiger partial charge in [-0.05, 0) is 42.9 Å². The Bertz CT molecular complexity index is 403. The summed E-state index contributed by atoms with van der Waals surface area (Å²) in [5.41, 5.74) is 1.13. The van der Waals surface area contributed by atoms with E-state index in [1.807, 2.05) is 19.1 Å². The molecule has 1 aromatic rings. The van der Waals surface area contributed by atoms with Gasteiger partial charge >= 0.3 is 0 Å². The smallest absolute Gasteiger partial charge is 0.203 e. The van der Waals surface area contributed by atoms with Crippen LogP contribution in [-0.4, -0.2) is 32.5 Å². The van der Waals surface area contributed by atoms with Crippen molar-refractivity contribution in [2.45, 2.75) is 25.4 Å². The van der Waals surface area contributed by atoms with Crippen molar-refractivity contribution in [1.82, 2.24) is 0 Å². The molecular weight excluding hydrogens is 232 g/mol. The summed E-state index contributed by atoms with van der Waals surface area (Å²) in [5.74, 6) is 2.68. The summed E-state index contributed by atoms with van der Waals surface area (Å²) in [6.45, 7) is 1.84. The molecule has 0 aromatic heterocycles. The van der Waals surface area contributed by atoms with E-state index in [1.54, 1.807) is 21.3 Å². The molecule has 100 valence electrons. The average molecular weight is 252 g/mol. The molecule has 4 heteroatoms. The minimum absolute atomic E-state index is 0.269. The average Bonchev–Trinajstić information content (AvgIpc) is 3.17. The van der Waals surface area contributed by atoms with Crippen molar-refractivity contribution in [3.63, 3.8) is 0 Å². The molecule has 0 amide bonds. The van der Waals surface area contributed by atoms with Gasteiger partial charge in [-0.3, -0.25) is 0 Å². The first-order valence-corrected chi connectivity index (χ1v) is 6.10. The zero-order valence-corrected chi connectivity index (χ0v) is 11.3. The summed E-state index contributed by atoms with van der Waals surface area (Å²) < 4.78 is 15.9. The third-order valence-corrected chi connectivity index (χ3v) is 3.57. The standard InChI is InChI=1S/C14H20O4/c1-8(15)10-7-11(10)9-5-12(16-2)14(18-4)13(6-9)17-3/h5-6,8,10-11,15H,7H2,1-4H3. The second kappa shape index (κ2) is 5.06. The lowest BCUT2D eigenvalue weighted by molar-refractivity contribution is 0.169. The maximum atomic E-state index is 9.59. The van der Waals surface area contributed by atoms with Crippen LogP contribution in [-0.2, 0) is 0 Å². The number of methoxy groups -OCH3 is 3. The summed E-state index contributed by atoms with van der Waals surface area (Å²) in [7, 11) is 4.82. The van der Waals surface area contributed by atoms with Gasteiger partial charge in [0, 0.05) is 0 Å². The topological polar surface area (TPSA) is 47.9 Å². The van der Waals surface area contributed by atoms with Gasteiger partial charge in [-0.1, -0.05) is 0 Å². The fraction of sp³-hybridized carbons (Fsp3) is 0.571. The van der Waals surface area contributed by atoms with E-state index < -0.39 is 0 Å². The Morgan fingerprint density at radius 2 is 1.67 bits per heavy atom. The van der Waals surface area contributed by atoms with Crippen LogP contribution in [0.4, 0.5) is 0 Å². The van der Waals surface area contributed by atoms with E-state index in [2.05, 4.69) is 0 Å². The molecule has 3 unspecified atom stereocenters. The molecule has 1 fully saturated rings. The summed E-state index contributed by atoms with van der Waals surface area (Å²) >= 11 is 0. The molecule has 1 saturated carbocycles. The molecule has 18 heavy (non-hydrogen) atoms. The zero-order valence-electron chi connectivity index (χ0n) is 11.3. The molecule has 1 aliphatic rings. The van der Waals surface area contributed by atoms with Crippen LogP contribution in [0.3, 0.4) is 0 Å². The van der Waals surface area contributed by atoms with Crippen molar-refractivity contribution in [1.29, 1.82) is 0 Å². The Balaban J connectivity index is 2.33. The van der Waals surface area contributed by atoms with Gasteiger partial charge in [-0.25, -0.2) is 0 Å². The van der Waals surface area contributed by atoms with E-state index in [9.17, 15) is 5.11 Å². The maximum absolute atomic E-state index is 9.59. The highest BCUT2D eigenvalue weighted by Crippen LogP contribution is 2.52. The first kappa shape index (κ1) is 13.0. The van der Waals surface area contributed by atoms with Gasteiger partial charge in [0.25, 0.3) is 0 Å². The minimum Gasteiger partial charge on any atom is -0.493 e. The molecule has 0 saturated heterocycles. The fourth-order valence-corrected chi connectivity index (χ4v) is 2.45. The van der Waals surface area contributed by atoms with E-state index in [0.717, 1.165) is 12.0 Å². The second-order valence-electron chi connectivity index (χ2n) is 4.71. The predicted octanol–water partition coefficient (Wildman–Crippen LogP) is 2.20. The highest BCUT2D eigenvalue weighted by molar-refractivity contribution is 5.55. The molecule has 0 radical (unpaired) electrons. The van der Waals surface area contributed by atoms with Crippen LogP contribution in [0.5, 0.6) is 17.2 Å². The predicted molar refractivity (Wildman–Crippen MR) is 68.6 cm³/mol. The van der Waals surface area contributed by atoms with Crippen molar-refractivity contribution >= 4 is 0 Å². The number of ether oxygens (including phenoxy) is 3. The Kier molecular flexibility index (Phi) is 3.66. The van der Waals surface area contributed by atoms with Crippen molar-refractivity contribution in [3.05, 3.63) is 17.7 Å². The van der Waals surface area contributed by atoms with Crippen molar-refractivity contribution in [2.75, 3.05) is 21.3 Å². The molecule has 1 aromatic carbocycles. The summed E-state index contributed by atoms with van der Waals surface area (Å²) in [5, 5.41) is 9.59. The van der Waals surface area contributed by atoms with Gasteiger partial charge in [-0.2, -0.15) is 0 Å². The monoisotopic (exact) mass is 252 g/mol. The lowest BCUT2D eigenvalue weighted by Crippen LogP contribution is -2.04. The van der Waals surface area contributed by atoms with Crippen LogP contribution >= 0.6 is 0 Å². The second-order valence-corrected chi connectivity index (χ2v) is 4.71. The molecular formula is C14H20O4. The minimum atomic E-state index is -0.269. The van der Waals surface area contributed by atoms with Crippen LogP contribution < -0.4 is 14.2 Å². The Morgan fingerprint density at radius 1 is 1.11 bits per heavy atom. The molecule has 1 N–H and O–H groups in total. The summed E-state index contributed by atoms with van der Waals surface area (Å²) in [4.78, 5) is 0. The number of aliphatic hydroxyl groups excluding tert-OH is 1. The highest BCUT2D eigenvalue weighted by atomic mass is 16.5. The van der Waals surface area contributed by atoms with E-state index >= 15 is 0 Å². The SMILES string of the molecule is COc1cc(C2CC2C(C)O)cc(OC)c1OC. The van der Waals surface area contributed by atoms with Crippen molar-refractivity contribution in [3.8, 4) is 17.2 Å². The van der Waals surface area contributed by atoms with Crippen molar-refractivity contribution < 1.29 is 19.3 Å². The van der Waals surface area contributed by atoms with Gasteiger partial charge in [0.15, 0.2) is 11.5 Å². The van der Waals surface area contributed by atoms with Gasteiger partial charge in [0.05, 0.1) is 27.4 Å². The van der Waals surface area contributed by atoms with Gasteiger partial charge in [0.1, 0.15) is 0 Å². The van der Waals surface area contributed by atoms with Crippen molar-refractivity contribution in [2.24, 2.45) is 5.92 Å². The van der Waals surface area contributed by atoms with Gasteiger partial charge in [-0.15, -0.1) is 0 Å². The van der Waals surface area contributed by atoms with E-state index in [1.165, 1.54) is 0 Å². The molecule has 2 rings (SSSR count). The Morgan fingerprint density at radius 3 is 2.00 bits per heavy atom. The lowest BCUT2D eigenvalue weighted by Gasteiger charge is -2.14. The zero-order chi connectivity index (χ0) is 13.3. The quantitative estimate of drug-likeness (QED) is 0.872. The third-order valence-electron chi connectivity index (χ3n) is 3.57. The molecule has 0 bridgehead atoms. The summed E-state index contributed by atoms with van der Waals surface area (Å²) in [6, 6.07) is 3.93. The highest BCUT2D eigenvalue weighted by Gasteiger charge is 2.42. The first-order chi connectivity index (χ1) is 8.62. The van der Waals surface area contributed by atoms with Crippen LogP contribution in [0.15, 0.2) is 12.1 Å². The van der Waals surface area contributed by atoms with E-state index in [-0.39, 0.29) is 6.10 Å². The Hall–Kier alpha value is -1.42.